The summed E-state index contributed by atoms with van der Waals surface area (Å²) in [5, 5.41) is 2.05. The van der Waals surface area contributed by atoms with Gasteiger partial charge in [0.1, 0.15) is 0 Å². The van der Waals surface area contributed by atoms with Crippen LogP contribution in [0.4, 0.5) is 0 Å². The number of carbonyl (C=O) groups excluding carboxylic acids is 1. The molecule has 1 saturated carbocycles. The molecule has 1 heterocycles. The molecule has 1 atom stereocenters. The van der Waals surface area contributed by atoms with Gasteiger partial charge < -0.3 is 10.6 Å². The summed E-state index contributed by atoms with van der Waals surface area (Å²) in [6.07, 6.45) is 2.29. The number of amides is 1. The van der Waals surface area contributed by atoms with E-state index >= 15 is 0 Å². The Kier molecular flexibility index (Phi) is 5.43. The van der Waals surface area contributed by atoms with Crippen LogP contribution in [0.3, 0.4) is 0 Å². The Bertz CT molecular complexity index is 351. The molecular formula is C12H19ClN2OS. The number of thiophene rings is 1. The first-order valence-corrected chi connectivity index (χ1v) is 6.63. The van der Waals surface area contributed by atoms with E-state index in [-0.39, 0.29) is 24.2 Å². The molecule has 17 heavy (non-hydrogen) atoms. The van der Waals surface area contributed by atoms with Gasteiger partial charge in [-0.2, -0.15) is 0 Å². The van der Waals surface area contributed by atoms with Crippen LogP contribution < -0.4 is 5.73 Å². The van der Waals surface area contributed by atoms with E-state index in [1.807, 2.05) is 17.9 Å². The van der Waals surface area contributed by atoms with Crippen LogP contribution in [0.1, 0.15) is 24.6 Å². The molecule has 0 aromatic carbocycles. The van der Waals surface area contributed by atoms with Gasteiger partial charge in [0.15, 0.2) is 0 Å². The quantitative estimate of drug-likeness (QED) is 0.895. The predicted octanol–water partition coefficient (Wildman–Crippen LogP) is 2.26. The number of hydrogen-bond donors (Lipinski definition) is 1. The Labute approximate surface area is 112 Å². The van der Waals surface area contributed by atoms with E-state index in [1.54, 1.807) is 11.3 Å². The summed E-state index contributed by atoms with van der Waals surface area (Å²) in [4.78, 5) is 15.4. The number of nitrogens with zero attached hydrogens (tertiary/aromatic N) is 1. The molecule has 1 fully saturated rings. The van der Waals surface area contributed by atoms with Crippen molar-refractivity contribution in [2.45, 2.75) is 32.4 Å². The van der Waals surface area contributed by atoms with Crippen molar-refractivity contribution in [2.75, 3.05) is 6.54 Å². The highest BCUT2D eigenvalue weighted by molar-refractivity contribution is 7.09. The molecular weight excluding hydrogens is 256 g/mol. The number of carbonyl (C=O) groups is 1. The Morgan fingerprint density at radius 3 is 2.82 bits per heavy atom. The smallest absolute Gasteiger partial charge is 0.227 e. The summed E-state index contributed by atoms with van der Waals surface area (Å²) in [6.45, 7) is 3.10. The molecule has 1 aliphatic carbocycles. The van der Waals surface area contributed by atoms with E-state index in [0.29, 0.717) is 12.6 Å². The molecule has 2 rings (SSSR count). The fourth-order valence-electron chi connectivity index (χ4n) is 1.73. The molecule has 5 heteroatoms. The topological polar surface area (TPSA) is 46.3 Å². The highest BCUT2D eigenvalue weighted by atomic mass is 35.5. The van der Waals surface area contributed by atoms with Crippen LogP contribution in [0.15, 0.2) is 17.5 Å². The lowest BCUT2D eigenvalue weighted by atomic mass is 10.1. The van der Waals surface area contributed by atoms with E-state index in [9.17, 15) is 4.79 Å². The zero-order chi connectivity index (χ0) is 11.5. The molecule has 1 aromatic rings. The summed E-state index contributed by atoms with van der Waals surface area (Å²) >= 11 is 1.71. The SMILES string of the molecule is CC(CN)C(=O)N(Cc1cccs1)C1CC1.Cl. The third kappa shape index (κ3) is 3.69. The monoisotopic (exact) mass is 274 g/mol. The van der Waals surface area contributed by atoms with Crippen molar-refractivity contribution in [3.05, 3.63) is 22.4 Å². The van der Waals surface area contributed by atoms with Crippen molar-refractivity contribution < 1.29 is 4.79 Å². The lowest BCUT2D eigenvalue weighted by Crippen LogP contribution is -2.38. The van der Waals surface area contributed by atoms with Gasteiger partial charge in [-0.15, -0.1) is 23.7 Å². The van der Waals surface area contributed by atoms with E-state index in [2.05, 4.69) is 11.4 Å². The van der Waals surface area contributed by atoms with Gasteiger partial charge >= 0.3 is 0 Å². The third-order valence-electron chi connectivity index (χ3n) is 2.95. The normalized spacial score (nSPS) is 16.1. The lowest BCUT2D eigenvalue weighted by molar-refractivity contribution is -0.135. The molecule has 0 bridgehead atoms. The molecule has 0 spiro atoms. The average Bonchev–Trinajstić information content (AvgIpc) is 3.01. The molecule has 1 amide bonds. The number of nitrogens with two attached hydrogens (primary N) is 1. The average molecular weight is 275 g/mol. The van der Waals surface area contributed by atoms with Gasteiger partial charge in [0.25, 0.3) is 0 Å². The number of halogens is 1. The minimum Gasteiger partial charge on any atom is -0.334 e. The maximum absolute atomic E-state index is 12.1. The second kappa shape index (κ2) is 6.38. The molecule has 1 unspecified atom stereocenters. The zero-order valence-corrected chi connectivity index (χ0v) is 11.6. The van der Waals surface area contributed by atoms with Crippen LogP contribution in [0.2, 0.25) is 0 Å². The van der Waals surface area contributed by atoms with Gasteiger partial charge in [-0.05, 0) is 24.3 Å². The van der Waals surface area contributed by atoms with Gasteiger partial charge in [0.05, 0.1) is 6.54 Å². The van der Waals surface area contributed by atoms with Crippen LogP contribution in [-0.4, -0.2) is 23.4 Å². The van der Waals surface area contributed by atoms with Crippen LogP contribution in [-0.2, 0) is 11.3 Å². The summed E-state index contributed by atoms with van der Waals surface area (Å²) in [5.41, 5.74) is 5.56. The van der Waals surface area contributed by atoms with Gasteiger partial charge in [0.2, 0.25) is 5.91 Å². The summed E-state index contributed by atoms with van der Waals surface area (Å²) in [7, 11) is 0. The highest BCUT2D eigenvalue weighted by Crippen LogP contribution is 2.30. The Morgan fingerprint density at radius 2 is 2.35 bits per heavy atom. The third-order valence-corrected chi connectivity index (χ3v) is 3.81. The van der Waals surface area contributed by atoms with Crippen molar-refractivity contribution in [3.8, 4) is 0 Å². The number of rotatable bonds is 5. The van der Waals surface area contributed by atoms with Crippen LogP contribution in [0.25, 0.3) is 0 Å². The zero-order valence-electron chi connectivity index (χ0n) is 9.96. The molecule has 1 aliphatic rings. The summed E-state index contributed by atoms with van der Waals surface area (Å²) in [6, 6.07) is 4.58. The van der Waals surface area contributed by atoms with Crippen molar-refractivity contribution >= 4 is 29.7 Å². The maximum Gasteiger partial charge on any atom is 0.227 e. The van der Waals surface area contributed by atoms with E-state index < -0.39 is 0 Å². The number of hydrogen-bond acceptors (Lipinski definition) is 3. The molecule has 0 saturated heterocycles. The second-order valence-corrected chi connectivity index (χ2v) is 5.45. The second-order valence-electron chi connectivity index (χ2n) is 4.41. The predicted molar refractivity (Wildman–Crippen MR) is 73.4 cm³/mol. The molecule has 3 nitrogen and oxygen atoms in total. The Morgan fingerprint density at radius 1 is 1.65 bits per heavy atom. The van der Waals surface area contributed by atoms with E-state index in [4.69, 9.17) is 5.73 Å². The van der Waals surface area contributed by atoms with Crippen LogP contribution >= 0.6 is 23.7 Å². The van der Waals surface area contributed by atoms with Crippen molar-refractivity contribution in [1.29, 1.82) is 0 Å². The standard InChI is InChI=1S/C12H18N2OS.ClH/c1-9(7-13)12(15)14(10-4-5-10)8-11-3-2-6-16-11;/h2-3,6,9-10H,4-5,7-8,13H2,1H3;1H. The highest BCUT2D eigenvalue weighted by Gasteiger charge is 2.34. The molecule has 96 valence electrons. The fraction of sp³-hybridized carbons (Fsp3) is 0.583. The maximum atomic E-state index is 12.1. The van der Waals surface area contributed by atoms with Crippen molar-refractivity contribution in [2.24, 2.45) is 11.7 Å². The van der Waals surface area contributed by atoms with Crippen molar-refractivity contribution in [1.82, 2.24) is 4.90 Å². The first-order chi connectivity index (χ1) is 7.72. The van der Waals surface area contributed by atoms with Gasteiger partial charge in [0, 0.05) is 23.4 Å². The Balaban J connectivity index is 0.00000144. The first kappa shape index (κ1) is 14.5. The largest absolute Gasteiger partial charge is 0.334 e. The minimum atomic E-state index is -0.0550. The van der Waals surface area contributed by atoms with Gasteiger partial charge in [-0.25, -0.2) is 0 Å². The summed E-state index contributed by atoms with van der Waals surface area (Å²) < 4.78 is 0. The fourth-order valence-corrected chi connectivity index (χ4v) is 2.43. The molecule has 2 N–H and O–H groups in total. The van der Waals surface area contributed by atoms with Crippen LogP contribution in [0.5, 0.6) is 0 Å². The lowest BCUT2D eigenvalue weighted by Gasteiger charge is -2.24. The molecule has 1 aromatic heterocycles. The van der Waals surface area contributed by atoms with E-state index in [1.165, 1.54) is 4.88 Å². The Hall–Kier alpha value is -0.580. The van der Waals surface area contributed by atoms with Crippen molar-refractivity contribution in [3.63, 3.8) is 0 Å². The first-order valence-electron chi connectivity index (χ1n) is 5.75. The summed E-state index contributed by atoms with van der Waals surface area (Å²) in [5.74, 6) is 0.152. The van der Waals surface area contributed by atoms with E-state index in [0.717, 1.165) is 19.4 Å². The molecule has 0 aliphatic heterocycles. The molecule has 0 radical (unpaired) electrons. The van der Waals surface area contributed by atoms with Crippen LogP contribution in [0, 0.1) is 5.92 Å². The van der Waals surface area contributed by atoms with Gasteiger partial charge in [-0.3, -0.25) is 4.79 Å². The van der Waals surface area contributed by atoms with Gasteiger partial charge in [-0.1, -0.05) is 13.0 Å². The minimum absolute atomic E-state index is 0.